The van der Waals surface area contributed by atoms with Gasteiger partial charge in [-0.3, -0.25) is 4.79 Å². The van der Waals surface area contributed by atoms with Crippen molar-refractivity contribution in [2.75, 3.05) is 25.1 Å². The first-order valence-electron chi connectivity index (χ1n) is 6.93. The first-order chi connectivity index (χ1) is 9.16. The van der Waals surface area contributed by atoms with Crippen LogP contribution in [0.25, 0.3) is 0 Å². The number of ether oxygens (including phenoxy) is 1. The number of hydrogen-bond acceptors (Lipinski definition) is 3. The van der Waals surface area contributed by atoms with E-state index in [1.54, 1.807) is 0 Å². The Hall–Kier alpha value is -1.55. The predicted octanol–water partition coefficient (Wildman–Crippen LogP) is 1.95. The van der Waals surface area contributed by atoms with Gasteiger partial charge in [-0.25, -0.2) is 0 Å². The molecule has 4 heteroatoms. The lowest BCUT2D eigenvalue weighted by Crippen LogP contribution is -2.49. The standard InChI is InChI=1S/C15H20N2O2/c1-15(5-8-19-9-6-15)17-14(18)12-2-3-13-11(10-12)4-7-16-13/h2-3,10,16H,4-9H2,1H3,(H,17,18). The minimum Gasteiger partial charge on any atom is -0.384 e. The summed E-state index contributed by atoms with van der Waals surface area (Å²) in [4.78, 5) is 12.3. The Morgan fingerprint density at radius 3 is 2.95 bits per heavy atom. The van der Waals surface area contributed by atoms with Crippen LogP contribution in [0, 0.1) is 0 Å². The van der Waals surface area contributed by atoms with E-state index in [1.807, 2.05) is 18.2 Å². The molecule has 2 aliphatic rings. The first kappa shape index (κ1) is 12.5. The summed E-state index contributed by atoms with van der Waals surface area (Å²) in [6, 6.07) is 5.91. The maximum Gasteiger partial charge on any atom is 0.251 e. The molecule has 1 saturated heterocycles. The van der Waals surface area contributed by atoms with Crippen molar-refractivity contribution in [2.45, 2.75) is 31.7 Å². The van der Waals surface area contributed by atoms with Crippen LogP contribution in [0.5, 0.6) is 0 Å². The second-order valence-electron chi connectivity index (χ2n) is 5.68. The number of carbonyl (C=O) groups is 1. The number of hydrogen-bond donors (Lipinski definition) is 2. The molecule has 102 valence electrons. The molecule has 2 heterocycles. The number of fused-ring (bicyclic) bond motifs is 1. The summed E-state index contributed by atoms with van der Waals surface area (Å²) < 4.78 is 5.35. The zero-order chi connectivity index (χ0) is 13.3. The zero-order valence-electron chi connectivity index (χ0n) is 11.3. The molecular formula is C15H20N2O2. The van der Waals surface area contributed by atoms with E-state index in [1.165, 1.54) is 5.56 Å². The molecule has 1 aromatic rings. The van der Waals surface area contributed by atoms with Crippen molar-refractivity contribution in [3.05, 3.63) is 29.3 Å². The zero-order valence-corrected chi connectivity index (χ0v) is 11.3. The van der Waals surface area contributed by atoms with Crippen LogP contribution in [0.3, 0.4) is 0 Å². The monoisotopic (exact) mass is 260 g/mol. The third-order valence-corrected chi connectivity index (χ3v) is 4.09. The lowest BCUT2D eigenvalue weighted by Gasteiger charge is -2.34. The average Bonchev–Trinajstić information content (AvgIpc) is 2.86. The summed E-state index contributed by atoms with van der Waals surface area (Å²) in [6.45, 7) is 4.52. The van der Waals surface area contributed by atoms with Crippen molar-refractivity contribution in [3.63, 3.8) is 0 Å². The third-order valence-electron chi connectivity index (χ3n) is 4.09. The Kier molecular flexibility index (Phi) is 3.19. The van der Waals surface area contributed by atoms with Gasteiger partial charge in [-0.15, -0.1) is 0 Å². The SMILES string of the molecule is CC1(NC(=O)c2ccc3c(c2)CCN3)CCOCC1. The van der Waals surface area contributed by atoms with Crippen molar-refractivity contribution in [2.24, 2.45) is 0 Å². The van der Waals surface area contributed by atoms with E-state index < -0.39 is 0 Å². The van der Waals surface area contributed by atoms with Gasteiger partial charge in [0.1, 0.15) is 0 Å². The Bertz CT molecular complexity index is 493. The summed E-state index contributed by atoms with van der Waals surface area (Å²) in [5.41, 5.74) is 3.03. The number of carbonyl (C=O) groups excluding carboxylic acids is 1. The summed E-state index contributed by atoms with van der Waals surface area (Å²) in [5.74, 6) is 0.0269. The van der Waals surface area contributed by atoms with Gasteiger partial charge < -0.3 is 15.4 Å². The second-order valence-corrected chi connectivity index (χ2v) is 5.68. The van der Waals surface area contributed by atoms with E-state index in [2.05, 4.69) is 17.6 Å². The van der Waals surface area contributed by atoms with Crippen LogP contribution < -0.4 is 10.6 Å². The molecule has 0 saturated carbocycles. The predicted molar refractivity (Wildman–Crippen MR) is 74.6 cm³/mol. The topological polar surface area (TPSA) is 50.4 Å². The van der Waals surface area contributed by atoms with Gasteiger partial charge in [0.05, 0.1) is 0 Å². The quantitative estimate of drug-likeness (QED) is 0.854. The van der Waals surface area contributed by atoms with Gasteiger partial charge in [0, 0.05) is 36.5 Å². The second kappa shape index (κ2) is 4.85. The first-order valence-corrected chi connectivity index (χ1v) is 6.93. The highest BCUT2D eigenvalue weighted by Gasteiger charge is 2.29. The van der Waals surface area contributed by atoms with Crippen LogP contribution in [0.1, 0.15) is 35.7 Å². The maximum atomic E-state index is 12.3. The molecule has 0 spiro atoms. The maximum absolute atomic E-state index is 12.3. The third kappa shape index (κ3) is 2.59. The van der Waals surface area contributed by atoms with E-state index >= 15 is 0 Å². The summed E-state index contributed by atoms with van der Waals surface area (Å²) >= 11 is 0. The highest BCUT2D eigenvalue weighted by molar-refractivity contribution is 5.95. The molecule has 0 radical (unpaired) electrons. The Morgan fingerprint density at radius 2 is 2.16 bits per heavy atom. The normalized spacial score (nSPS) is 20.5. The van der Waals surface area contributed by atoms with Gasteiger partial charge >= 0.3 is 0 Å². The molecule has 2 N–H and O–H groups in total. The van der Waals surface area contributed by atoms with Crippen LogP contribution >= 0.6 is 0 Å². The van der Waals surface area contributed by atoms with Gasteiger partial charge in [0.2, 0.25) is 0 Å². The largest absolute Gasteiger partial charge is 0.384 e. The fourth-order valence-electron chi connectivity index (χ4n) is 2.74. The molecule has 0 atom stereocenters. The molecule has 1 fully saturated rings. The average molecular weight is 260 g/mol. The van der Waals surface area contributed by atoms with Crippen LogP contribution in [-0.4, -0.2) is 31.2 Å². The van der Waals surface area contributed by atoms with Crippen molar-refractivity contribution in [3.8, 4) is 0 Å². The minimum atomic E-state index is -0.132. The van der Waals surface area contributed by atoms with Crippen molar-refractivity contribution in [1.82, 2.24) is 5.32 Å². The lowest BCUT2D eigenvalue weighted by molar-refractivity contribution is 0.0423. The molecule has 4 nitrogen and oxygen atoms in total. The highest BCUT2D eigenvalue weighted by Crippen LogP contribution is 2.24. The lowest BCUT2D eigenvalue weighted by atomic mass is 9.92. The van der Waals surface area contributed by atoms with Crippen molar-refractivity contribution >= 4 is 11.6 Å². The smallest absolute Gasteiger partial charge is 0.251 e. The molecule has 19 heavy (non-hydrogen) atoms. The van der Waals surface area contributed by atoms with Gasteiger partial charge in [-0.2, -0.15) is 0 Å². The van der Waals surface area contributed by atoms with E-state index in [0.717, 1.165) is 50.3 Å². The van der Waals surface area contributed by atoms with Gasteiger partial charge in [0.15, 0.2) is 0 Å². The molecule has 0 aromatic heterocycles. The molecular weight excluding hydrogens is 240 g/mol. The van der Waals surface area contributed by atoms with Gasteiger partial charge in [0.25, 0.3) is 5.91 Å². The Labute approximate surface area is 113 Å². The Morgan fingerprint density at radius 1 is 1.37 bits per heavy atom. The van der Waals surface area contributed by atoms with Crippen LogP contribution in [-0.2, 0) is 11.2 Å². The van der Waals surface area contributed by atoms with E-state index in [0.29, 0.717) is 0 Å². The molecule has 1 amide bonds. The minimum absolute atomic E-state index is 0.0269. The van der Waals surface area contributed by atoms with Crippen molar-refractivity contribution in [1.29, 1.82) is 0 Å². The van der Waals surface area contributed by atoms with Gasteiger partial charge in [-0.05, 0) is 49.9 Å². The van der Waals surface area contributed by atoms with Crippen molar-refractivity contribution < 1.29 is 9.53 Å². The van der Waals surface area contributed by atoms with Crippen LogP contribution in [0.15, 0.2) is 18.2 Å². The molecule has 2 aliphatic heterocycles. The van der Waals surface area contributed by atoms with E-state index in [9.17, 15) is 4.79 Å². The summed E-state index contributed by atoms with van der Waals surface area (Å²) in [7, 11) is 0. The van der Waals surface area contributed by atoms with Crippen LogP contribution in [0.2, 0.25) is 0 Å². The molecule has 1 aromatic carbocycles. The summed E-state index contributed by atoms with van der Waals surface area (Å²) in [5, 5.41) is 6.47. The van der Waals surface area contributed by atoms with E-state index in [-0.39, 0.29) is 11.4 Å². The number of benzene rings is 1. The molecule has 0 aliphatic carbocycles. The fourth-order valence-corrected chi connectivity index (χ4v) is 2.74. The number of nitrogens with one attached hydrogen (secondary N) is 2. The molecule has 0 unspecified atom stereocenters. The van der Waals surface area contributed by atoms with Gasteiger partial charge in [-0.1, -0.05) is 0 Å². The molecule has 0 bridgehead atoms. The number of anilines is 1. The number of rotatable bonds is 2. The number of amides is 1. The van der Waals surface area contributed by atoms with E-state index in [4.69, 9.17) is 4.74 Å². The summed E-state index contributed by atoms with van der Waals surface area (Å²) in [6.07, 6.45) is 2.76. The molecule has 3 rings (SSSR count). The fraction of sp³-hybridized carbons (Fsp3) is 0.533. The van der Waals surface area contributed by atoms with Crippen LogP contribution in [0.4, 0.5) is 5.69 Å². The highest BCUT2D eigenvalue weighted by atomic mass is 16.5. The Balaban J connectivity index is 1.73.